The molecule has 1 amide bonds. The van der Waals surface area contributed by atoms with Gasteiger partial charge in [-0.05, 0) is 18.2 Å². The molecule has 1 aliphatic heterocycles. The first-order valence-corrected chi connectivity index (χ1v) is 6.93. The van der Waals surface area contributed by atoms with Crippen LogP contribution in [0.1, 0.15) is 11.1 Å². The van der Waals surface area contributed by atoms with E-state index < -0.39 is 0 Å². The van der Waals surface area contributed by atoms with E-state index >= 15 is 0 Å². The number of nitrogens with zero attached hydrogens (tertiary/aromatic N) is 1. The van der Waals surface area contributed by atoms with Gasteiger partial charge >= 0.3 is 0 Å². The number of carbonyl (C=O) groups is 1. The molecule has 0 bridgehead atoms. The molecule has 22 heavy (non-hydrogen) atoms. The summed E-state index contributed by atoms with van der Waals surface area (Å²) in [4.78, 5) is 16.3. The normalized spacial score (nSPS) is 15.1. The Labute approximate surface area is 126 Å². The summed E-state index contributed by atoms with van der Waals surface area (Å²) >= 11 is 0. The summed E-state index contributed by atoms with van der Waals surface area (Å²) in [6.45, 7) is 0. The van der Waals surface area contributed by atoms with Crippen molar-refractivity contribution in [3.63, 3.8) is 0 Å². The molecule has 3 aromatic rings. The number of phenols is 1. The number of benzene rings is 2. The van der Waals surface area contributed by atoms with Gasteiger partial charge in [0.25, 0.3) is 5.91 Å². The molecule has 4 rings (SSSR count). The summed E-state index contributed by atoms with van der Waals surface area (Å²) in [6, 6.07) is 14.9. The van der Waals surface area contributed by atoms with Crippen LogP contribution in [0.15, 0.2) is 54.7 Å². The third-order valence-corrected chi connectivity index (χ3v) is 3.79. The van der Waals surface area contributed by atoms with Crippen LogP contribution < -0.4 is 5.32 Å². The SMILES string of the molecule is O=C1Nc2ccccc2C1=Cc1ccc2cccnc2c1O. The lowest BCUT2D eigenvalue weighted by Gasteiger charge is -2.04. The summed E-state index contributed by atoms with van der Waals surface area (Å²) in [6.07, 6.45) is 3.33. The van der Waals surface area contributed by atoms with Gasteiger partial charge in [-0.2, -0.15) is 0 Å². The minimum Gasteiger partial charge on any atom is -0.505 e. The second-order valence-corrected chi connectivity index (χ2v) is 5.14. The van der Waals surface area contributed by atoms with Crippen LogP contribution >= 0.6 is 0 Å². The summed E-state index contributed by atoms with van der Waals surface area (Å²) in [5.41, 5.74) is 3.28. The highest BCUT2D eigenvalue weighted by Crippen LogP contribution is 2.35. The number of carbonyl (C=O) groups excluding carboxylic acids is 1. The monoisotopic (exact) mass is 288 g/mol. The van der Waals surface area contributed by atoms with Crippen molar-refractivity contribution in [2.75, 3.05) is 5.32 Å². The third-order valence-electron chi connectivity index (χ3n) is 3.79. The van der Waals surface area contributed by atoms with Crippen molar-refractivity contribution in [2.24, 2.45) is 0 Å². The quantitative estimate of drug-likeness (QED) is 0.674. The number of pyridine rings is 1. The lowest BCUT2D eigenvalue weighted by Crippen LogP contribution is -2.03. The number of hydrogen-bond donors (Lipinski definition) is 2. The fourth-order valence-corrected chi connectivity index (χ4v) is 2.70. The number of rotatable bonds is 1. The average Bonchev–Trinajstić information content (AvgIpc) is 2.86. The van der Waals surface area contributed by atoms with Crippen LogP contribution in [0.25, 0.3) is 22.6 Å². The third kappa shape index (κ3) is 1.85. The van der Waals surface area contributed by atoms with Crippen molar-refractivity contribution in [2.45, 2.75) is 0 Å². The van der Waals surface area contributed by atoms with Crippen LogP contribution in [-0.4, -0.2) is 16.0 Å². The van der Waals surface area contributed by atoms with E-state index in [1.165, 1.54) is 0 Å². The van der Waals surface area contributed by atoms with Crippen molar-refractivity contribution < 1.29 is 9.90 Å². The van der Waals surface area contributed by atoms with Gasteiger partial charge in [-0.3, -0.25) is 9.78 Å². The van der Waals surface area contributed by atoms with Gasteiger partial charge in [0.15, 0.2) is 0 Å². The Morgan fingerprint density at radius 3 is 2.82 bits per heavy atom. The zero-order valence-corrected chi connectivity index (χ0v) is 11.6. The summed E-state index contributed by atoms with van der Waals surface area (Å²) in [5.74, 6) is -0.0792. The highest BCUT2D eigenvalue weighted by atomic mass is 16.3. The van der Waals surface area contributed by atoms with Crippen molar-refractivity contribution in [1.82, 2.24) is 4.98 Å². The molecule has 0 fully saturated rings. The Morgan fingerprint density at radius 1 is 1.05 bits per heavy atom. The second-order valence-electron chi connectivity index (χ2n) is 5.14. The van der Waals surface area contributed by atoms with Gasteiger partial charge in [-0.15, -0.1) is 0 Å². The number of anilines is 1. The number of aromatic hydroxyl groups is 1. The van der Waals surface area contributed by atoms with Gasteiger partial charge in [0.2, 0.25) is 0 Å². The minimum absolute atomic E-state index is 0.0859. The van der Waals surface area contributed by atoms with E-state index in [-0.39, 0.29) is 11.7 Å². The molecule has 1 aliphatic rings. The molecule has 2 aromatic carbocycles. The van der Waals surface area contributed by atoms with Crippen LogP contribution in [0, 0.1) is 0 Å². The summed E-state index contributed by atoms with van der Waals surface area (Å²) < 4.78 is 0. The summed E-state index contributed by atoms with van der Waals surface area (Å²) in [7, 11) is 0. The molecular weight excluding hydrogens is 276 g/mol. The molecule has 0 aliphatic carbocycles. The van der Waals surface area contributed by atoms with Crippen LogP contribution in [0.5, 0.6) is 5.75 Å². The lowest BCUT2D eigenvalue weighted by molar-refractivity contribution is -0.110. The largest absolute Gasteiger partial charge is 0.505 e. The number of para-hydroxylation sites is 1. The first kappa shape index (κ1) is 12.6. The summed E-state index contributed by atoms with van der Waals surface area (Å²) in [5, 5.41) is 14.1. The zero-order chi connectivity index (χ0) is 15.1. The standard InChI is InChI=1S/C18H12N2O2/c21-17-12(8-7-11-4-3-9-19-16(11)17)10-14-13-5-1-2-6-15(13)20-18(14)22/h1-10,21H,(H,20,22). The predicted molar refractivity (Wildman–Crippen MR) is 86.4 cm³/mol. The van der Waals surface area contributed by atoms with Gasteiger partial charge < -0.3 is 10.4 Å². The van der Waals surface area contributed by atoms with Gasteiger partial charge in [0.05, 0.1) is 0 Å². The van der Waals surface area contributed by atoms with Crippen molar-refractivity contribution in [1.29, 1.82) is 0 Å². The molecule has 4 heteroatoms. The smallest absolute Gasteiger partial charge is 0.256 e. The highest BCUT2D eigenvalue weighted by Gasteiger charge is 2.23. The molecule has 0 radical (unpaired) electrons. The van der Waals surface area contributed by atoms with E-state index in [0.717, 1.165) is 16.6 Å². The second kappa shape index (κ2) is 4.70. The molecule has 0 saturated heterocycles. The molecule has 0 saturated carbocycles. The fourth-order valence-electron chi connectivity index (χ4n) is 2.70. The average molecular weight is 288 g/mol. The Bertz CT molecular complexity index is 945. The highest BCUT2D eigenvalue weighted by molar-refractivity contribution is 6.35. The van der Waals surface area contributed by atoms with Crippen molar-refractivity contribution in [3.05, 3.63) is 65.9 Å². The number of nitrogens with one attached hydrogen (secondary N) is 1. The van der Waals surface area contributed by atoms with Crippen molar-refractivity contribution in [3.8, 4) is 5.75 Å². The van der Waals surface area contributed by atoms with Gasteiger partial charge in [0.1, 0.15) is 11.3 Å². The first-order valence-electron chi connectivity index (χ1n) is 6.93. The van der Waals surface area contributed by atoms with Crippen LogP contribution in [0.4, 0.5) is 5.69 Å². The first-order chi connectivity index (χ1) is 10.7. The molecule has 0 atom stereocenters. The lowest BCUT2D eigenvalue weighted by atomic mass is 10.0. The predicted octanol–water partition coefficient (Wildman–Crippen LogP) is 3.43. The minimum atomic E-state index is -0.165. The van der Waals surface area contributed by atoms with Gasteiger partial charge in [-0.1, -0.05) is 36.4 Å². The molecule has 106 valence electrons. The van der Waals surface area contributed by atoms with E-state index in [4.69, 9.17) is 0 Å². The maximum absolute atomic E-state index is 12.1. The Kier molecular flexibility index (Phi) is 2.69. The van der Waals surface area contributed by atoms with Crippen LogP contribution in [0.3, 0.4) is 0 Å². The Hall–Kier alpha value is -3.14. The van der Waals surface area contributed by atoms with E-state index in [9.17, 15) is 9.90 Å². The molecule has 1 aromatic heterocycles. The number of aromatic nitrogens is 1. The van der Waals surface area contributed by atoms with E-state index in [1.54, 1.807) is 18.3 Å². The Morgan fingerprint density at radius 2 is 1.91 bits per heavy atom. The number of phenolic OH excluding ortho intramolecular Hbond substituents is 1. The Balaban J connectivity index is 1.90. The van der Waals surface area contributed by atoms with Crippen LogP contribution in [-0.2, 0) is 4.79 Å². The molecular formula is C18H12N2O2. The maximum atomic E-state index is 12.1. The molecule has 0 spiro atoms. The number of fused-ring (bicyclic) bond motifs is 2. The maximum Gasteiger partial charge on any atom is 0.256 e. The topological polar surface area (TPSA) is 62.2 Å². The molecule has 2 heterocycles. The van der Waals surface area contributed by atoms with Gasteiger partial charge in [-0.25, -0.2) is 0 Å². The molecule has 0 unspecified atom stereocenters. The van der Waals surface area contributed by atoms with Crippen molar-refractivity contribution >= 4 is 34.1 Å². The van der Waals surface area contributed by atoms with E-state index in [2.05, 4.69) is 10.3 Å². The molecule has 2 N–H and O–H groups in total. The fraction of sp³-hybridized carbons (Fsp3) is 0. The van der Waals surface area contributed by atoms with E-state index in [1.807, 2.05) is 42.5 Å². The van der Waals surface area contributed by atoms with E-state index in [0.29, 0.717) is 16.7 Å². The number of amides is 1. The van der Waals surface area contributed by atoms with Crippen LogP contribution in [0.2, 0.25) is 0 Å². The van der Waals surface area contributed by atoms with Gasteiger partial charge in [0, 0.05) is 34.0 Å². The molecule has 4 nitrogen and oxygen atoms in total. The zero-order valence-electron chi connectivity index (χ0n) is 11.6. The number of hydrogen-bond acceptors (Lipinski definition) is 3.